The number of rotatable bonds is 5. The van der Waals surface area contributed by atoms with Crippen molar-refractivity contribution in [2.75, 3.05) is 6.54 Å². The fraction of sp³-hybridized carbons (Fsp3) is 0.667. The quantitative estimate of drug-likeness (QED) is 0.597. The van der Waals surface area contributed by atoms with Crippen LogP contribution in [0.3, 0.4) is 0 Å². The van der Waals surface area contributed by atoms with E-state index in [9.17, 15) is 22.8 Å². The standard InChI is InChI=1S/C9H13F3N4O2/c10-9(11,12)5-3-15-8(16-5)7(18)4(13)1-2-6(14)17/h4,8,15H,1-3,13H2,(H2,14,17)/t4-,8?/m0/s1. The molecular formula is C9H13F3N4O2. The predicted molar refractivity (Wildman–Crippen MR) is 56.7 cm³/mol. The zero-order chi connectivity index (χ0) is 13.9. The molecule has 18 heavy (non-hydrogen) atoms. The summed E-state index contributed by atoms with van der Waals surface area (Å²) in [5.74, 6) is -1.31. The molecule has 0 fully saturated rings. The maximum atomic E-state index is 12.3. The Morgan fingerprint density at radius 3 is 2.56 bits per heavy atom. The molecule has 2 atom stereocenters. The van der Waals surface area contributed by atoms with Crippen LogP contribution in [0, 0.1) is 0 Å². The largest absolute Gasteiger partial charge is 0.430 e. The van der Waals surface area contributed by atoms with Gasteiger partial charge in [0.05, 0.1) is 6.04 Å². The molecule has 5 N–H and O–H groups in total. The molecule has 9 heteroatoms. The molecule has 1 aliphatic rings. The monoisotopic (exact) mass is 266 g/mol. The van der Waals surface area contributed by atoms with Gasteiger partial charge in [0.25, 0.3) is 0 Å². The molecule has 1 amide bonds. The Kier molecular flexibility index (Phi) is 4.41. The van der Waals surface area contributed by atoms with E-state index in [2.05, 4.69) is 10.3 Å². The highest BCUT2D eigenvalue weighted by molar-refractivity contribution is 5.99. The summed E-state index contributed by atoms with van der Waals surface area (Å²) in [5.41, 5.74) is 9.29. The van der Waals surface area contributed by atoms with Gasteiger partial charge >= 0.3 is 6.18 Å². The fourth-order valence-electron chi connectivity index (χ4n) is 1.42. The van der Waals surface area contributed by atoms with Gasteiger partial charge in [0.2, 0.25) is 5.91 Å². The van der Waals surface area contributed by atoms with Gasteiger partial charge in [-0.2, -0.15) is 13.2 Å². The Balaban J connectivity index is 2.59. The van der Waals surface area contributed by atoms with Gasteiger partial charge in [-0.05, 0) is 6.42 Å². The average molecular weight is 266 g/mol. The number of hydrogen-bond acceptors (Lipinski definition) is 5. The number of carbonyl (C=O) groups is 2. The third-order valence-electron chi connectivity index (χ3n) is 2.41. The number of aliphatic imine (C=N–C) groups is 1. The van der Waals surface area contributed by atoms with Crippen LogP contribution >= 0.6 is 0 Å². The number of nitrogens with one attached hydrogen (secondary N) is 1. The predicted octanol–water partition coefficient (Wildman–Crippen LogP) is -0.919. The number of carbonyl (C=O) groups excluding carboxylic acids is 2. The summed E-state index contributed by atoms with van der Waals surface area (Å²) in [4.78, 5) is 25.4. The minimum absolute atomic E-state index is 0.0107. The summed E-state index contributed by atoms with van der Waals surface area (Å²) in [7, 11) is 0. The van der Waals surface area contributed by atoms with Crippen molar-refractivity contribution in [3.63, 3.8) is 0 Å². The Morgan fingerprint density at radius 1 is 1.50 bits per heavy atom. The Bertz CT molecular complexity index is 380. The fourth-order valence-corrected chi connectivity index (χ4v) is 1.42. The maximum Gasteiger partial charge on any atom is 0.430 e. The summed E-state index contributed by atoms with van der Waals surface area (Å²) >= 11 is 0. The van der Waals surface area contributed by atoms with E-state index in [1.54, 1.807) is 0 Å². The molecule has 0 bridgehead atoms. The minimum atomic E-state index is -4.56. The molecule has 1 aliphatic heterocycles. The van der Waals surface area contributed by atoms with E-state index in [-0.39, 0.29) is 12.8 Å². The van der Waals surface area contributed by atoms with Gasteiger partial charge in [0, 0.05) is 13.0 Å². The van der Waals surface area contributed by atoms with E-state index in [4.69, 9.17) is 11.5 Å². The lowest BCUT2D eigenvalue weighted by Crippen LogP contribution is -2.43. The molecule has 1 heterocycles. The molecule has 1 rings (SSSR count). The lowest BCUT2D eigenvalue weighted by Gasteiger charge is -2.12. The molecule has 0 aromatic carbocycles. The van der Waals surface area contributed by atoms with Crippen molar-refractivity contribution in [2.24, 2.45) is 16.5 Å². The SMILES string of the molecule is NC(=O)CC[C@H](N)C(=O)C1N=C(C(F)(F)F)CN1. The molecule has 0 radical (unpaired) electrons. The van der Waals surface area contributed by atoms with Crippen LogP contribution in [-0.2, 0) is 9.59 Å². The first kappa shape index (κ1) is 14.6. The zero-order valence-corrected chi connectivity index (χ0v) is 9.33. The van der Waals surface area contributed by atoms with E-state index in [1.165, 1.54) is 0 Å². The maximum absolute atomic E-state index is 12.3. The summed E-state index contributed by atoms with van der Waals surface area (Å²) in [5, 5.41) is 2.31. The third kappa shape index (κ3) is 3.77. The van der Waals surface area contributed by atoms with Crippen LogP contribution in [0.15, 0.2) is 4.99 Å². The van der Waals surface area contributed by atoms with Crippen LogP contribution in [0.5, 0.6) is 0 Å². The topological polar surface area (TPSA) is 111 Å². The lowest BCUT2D eigenvalue weighted by molar-refractivity contribution is -0.122. The second-order valence-corrected chi connectivity index (χ2v) is 3.87. The molecule has 0 aromatic heterocycles. The molecule has 6 nitrogen and oxygen atoms in total. The van der Waals surface area contributed by atoms with Crippen LogP contribution in [0.1, 0.15) is 12.8 Å². The number of ketones is 1. The Labute approximate surface area is 101 Å². The number of Topliss-reactive ketones (excluding diaryl/α,β-unsaturated/α-hetero) is 1. The minimum Gasteiger partial charge on any atom is -0.370 e. The number of hydrogen-bond donors (Lipinski definition) is 3. The third-order valence-corrected chi connectivity index (χ3v) is 2.41. The summed E-state index contributed by atoms with van der Waals surface area (Å²) in [6.45, 7) is -0.525. The summed E-state index contributed by atoms with van der Waals surface area (Å²) in [6, 6.07) is -1.06. The number of amides is 1. The Morgan fingerprint density at radius 2 is 2.11 bits per heavy atom. The molecule has 0 aromatic rings. The summed E-state index contributed by atoms with van der Waals surface area (Å²) in [6.07, 6.45) is -5.97. The molecule has 0 saturated carbocycles. The van der Waals surface area contributed by atoms with Crippen molar-refractivity contribution in [1.29, 1.82) is 0 Å². The van der Waals surface area contributed by atoms with E-state index in [1.807, 2.05) is 0 Å². The normalized spacial score (nSPS) is 21.6. The molecule has 0 saturated heterocycles. The molecule has 1 unspecified atom stereocenters. The number of nitrogens with two attached hydrogens (primary N) is 2. The highest BCUT2D eigenvalue weighted by atomic mass is 19.4. The summed E-state index contributed by atoms with van der Waals surface area (Å²) < 4.78 is 36.8. The van der Waals surface area contributed by atoms with Crippen LogP contribution in [-0.4, -0.2) is 42.3 Å². The first-order valence-corrected chi connectivity index (χ1v) is 5.16. The zero-order valence-electron chi connectivity index (χ0n) is 9.33. The van der Waals surface area contributed by atoms with Crippen LogP contribution in [0.4, 0.5) is 13.2 Å². The second-order valence-electron chi connectivity index (χ2n) is 3.87. The lowest BCUT2D eigenvalue weighted by atomic mass is 10.1. The van der Waals surface area contributed by atoms with E-state index < -0.39 is 42.3 Å². The van der Waals surface area contributed by atoms with Gasteiger partial charge in [-0.25, -0.2) is 0 Å². The number of halogens is 3. The first-order valence-electron chi connectivity index (χ1n) is 5.16. The highest BCUT2D eigenvalue weighted by Gasteiger charge is 2.41. The average Bonchev–Trinajstić information content (AvgIpc) is 2.73. The van der Waals surface area contributed by atoms with Crippen LogP contribution < -0.4 is 16.8 Å². The number of nitrogens with zero attached hydrogens (tertiary/aromatic N) is 1. The van der Waals surface area contributed by atoms with Gasteiger partial charge in [-0.1, -0.05) is 0 Å². The highest BCUT2D eigenvalue weighted by Crippen LogP contribution is 2.20. The van der Waals surface area contributed by atoms with Crippen molar-refractivity contribution in [2.45, 2.75) is 31.2 Å². The second kappa shape index (κ2) is 5.44. The number of alkyl halides is 3. The van der Waals surface area contributed by atoms with Crippen molar-refractivity contribution in [3.05, 3.63) is 0 Å². The molecule has 0 spiro atoms. The van der Waals surface area contributed by atoms with Gasteiger partial charge in [0.15, 0.2) is 11.9 Å². The first-order chi connectivity index (χ1) is 8.21. The molecular weight excluding hydrogens is 253 g/mol. The Hall–Kier alpha value is -1.48. The van der Waals surface area contributed by atoms with Crippen LogP contribution in [0.2, 0.25) is 0 Å². The van der Waals surface area contributed by atoms with Gasteiger partial charge in [-0.3, -0.25) is 19.9 Å². The van der Waals surface area contributed by atoms with Crippen LogP contribution in [0.25, 0.3) is 0 Å². The molecule has 102 valence electrons. The van der Waals surface area contributed by atoms with Gasteiger partial charge < -0.3 is 11.5 Å². The van der Waals surface area contributed by atoms with Gasteiger partial charge in [0.1, 0.15) is 5.71 Å². The number of primary amides is 1. The van der Waals surface area contributed by atoms with Crippen molar-refractivity contribution < 1.29 is 22.8 Å². The van der Waals surface area contributed by atoms with Crippen molar-refractivity contribution in [1.82, 2.24) is 5.32 Å². The van der Waals surface area contributed by atoms with E-state index in [0.29, 0.717) is 0 Å². The van der Waals surface area contributed by atoms with E-state index >= 15 is 0 Å². The smallest absolute Gasteiger partial charge is 0.370 e. The van der Waals surface area contributed by atoms with E-state index in [0.717, 1.165) is 0 Å². The van der Waals surface area contributed by atoms with Crippen molar-refractivity contribution >= 4 is 17.4 Å². The van der Waals surface area contributed by atoms with Gasteiger partial charge in [-0.15, -0.1) is 0 Å². The van der Waals surface area contributed by atoms with Crippen molar-refractivity contribution in [3.8, 4) is 0 Å². The molecule has 0 aliphatic carbocycles.